The van der Waals surface area contributed by atoms with E-state index in [2.05, 4.69) is 18.8 Å². The van der Waals surface area contributed by atoms with E-state index < -0.39 is 0 Å². The zero-order chi connectivity index (χ0) is 9.52. The standard InChI is InChI=1S/C11H16NO.W/c1-3-6-10-11(13-9-4-2)7-5-8-12-10;/h5,7-8H,1,3-4,6,9H2,2H3;/q-1;. The average molecular weight is 362 g/mol. The fourth-order valence-corrected chi connectivity index (χ4v) is 1.12. The minimum absolute atomic E-state index is 0. The fourth-order valence-electron chi connectivity index (χ4n) is 1.12. The van der Waals surface area contributed by atoms with Gasteiger partial charge in [0, 0.05) is 27.3 Å². The van der Waals surface area contributed by atoms with Gasteiger partial charge in [-0.15, -0.1) is 0 Å². The van der Waals surface area contributed by atoms with Crippen molar-refractivity contribution in [1.82, 2.24) is 4.98 Å². The average Bonchev–Trinajstić information content (AvgIpc) is 2.17. The number of hydrogen-bond donors (Lipinski definition) is 0. The Hall–Kier alpha value is -0.362. The Morgan fingerprint density at radius 3 is 2.93 bits per heavy atom. The van der Waals surface area contributed by atoms with Crippen molar-refractivity contribution in [2.24, 2.45) is 0 Å². The van der Waals surface area contributed by atoms with Crippen molar-refractivity contribution in [3.05, 3.63) is 30.9 Å². The molecule has 0 fully saturated rings. The van der Waals surface area contributed by atoms with Gasteiger partial charge in [-0.1, -0.05) is 6.92 Å². The molecular weight excluding hydrogens is 346 g/mol. The van der Waals surface area contributed by atoms with E-state index in [1.165, 1.54) is 0 Å². The molecule has 0 saturated carbocycles. The van der Waals surface area contributed by atoms with Gasteiger partial charge in [-0.05, 0) is 25.0 Å². The van der Waals surface area contributed by atoms with Crippen LogP contribution >= 0.6 is 0 Å². The first kappa shape index (κ1) is 13.6. The molecule has 0 atom stereocenters. The van der Waals surface area contributed by atoms with Gasteiger partial charge in [0.05, 0.1) is 12.3 Å². The molecule has 14 heavy (non-hydrogen) atoms. The van der Waals surface area contributed by atoms with E-state index in [1.54, 1.807) is 6.20 Å². The Bertz CT molecular complexity index is 253. The maximum absolute atomic E-state index is 5.55. The van der Waals surface area contributed by atoms with Gasteiger partial charge in [-0.2, -0.15) is 6.42 Å². The number of pyridine rings is 1. The summed E-state index contributed by atoms with van der Waals surface area (Å²) in [5.41, 5.74) is 1.02. The molecule has 0 unspecified atom stereocenters. The maximum atomic E-state index is 5.55. The Balaban J connectivity index is 0.00000169. The first-order chi connectivity index (χ1) is 6.38. The van der Waals surface area contributed by atoms with E-state index in [9.17, 15) is 0 Å². The molecule has 0 bridgehead atoms. The molecule has 78 valence electrons. The number of hydrogen-bond acceptors (Lipinski definition) is 2. The van der Waals surface area contributed by atoms with Crippen LogP contribution in [0, 0.1) is 6.92 Å². The smallest absolute Gasteiger partial charge is 0.140 e. The molecule has 1 heterocycles. The molecule has 0 spiro atoms. The Labute approximate surface area is 100 Å². The van der Waals surface area contributed by atoms with Crippen molar-refractivity contribution in [2.75, 3.05) is 6.61 Å². The van der Waals surface area contributed by atoms with Crippen molar-refractivity contribution in [3.8, 4) is 5.75 Å². The van der Waals surface area contributed by atoms with E-state index in [0.717, 1.165) is 37.3 Å². The van der Waals surface area contributed by atoms with E-state index >= 15 is 0 Å². The number of aryl methyl sites for hydroxylation is 1. The monoisotopic (exact) mass is 362 g/mol. The van der Waals surface area contributed by atoms with Crippen LogP contribution in [0.1, 0.15) is 25.5 Å². The Morgan fingerprint density at radius 1 is 1.50 bits per heavy atom. The second-order valence-corrected chi connectivity index (χ2v) is 2.90. The van der Waals surface area contributed by atoms with Gasteiger partial charge in [-0.3, -0.25) is 4.98 Å². The molecule has 3 heteroatoms. The van der Waals surface area contributed by atoms with E-state index in [1.807, 2.05) is 12.1 Å². The molecule has 2 nitrogen and oxygen atoms in total. The molecule has 1 rings (SSSR count). The minimum atomic E-state index is 0. The molecule has 0 N–H and O–H groups in total. The van der Waals surface area contributed by atoms with Crippen LogP contribution in [-0.4, -0.2) is 11.6 Å². The largest absolute Gasteiger partial charge is 0.492 e. The normalized spacial score (nSPS) is 9.29. The predicted molar refractivity (Wildman–Crippen MR) is 53.7 cm³/mol. The zero-order valence-electron chi connectivity index (χ0n) is 8.53. The van der Waals surface area contributed by atoms with Crippen molar-refractivity contribution in [3.63, 3.8) is 0 Å². The fraction of sp³-hybridized carbons (Fsp3) is 0.455. The number of rotatable bonds is 5. The van der Waals surface area contributed by atoms with Crippen LogP contribution in [0.25, 0.3) is 0 Å². The quantitative estimate of drug-likeness (QED) is 0.752. The van der Waals surface area contributed by atoms with Crippen LogP contribution in [0.4, 0.5) is 0 Å². The third kappa shape index (κ3) is 4.23. The molecule has 0 saturated heterocycles. The SMILES string of the molecule is [CH2-]CCc1ncccc1OCCC.[W]. The van der Waals surface area contributed by atoms with E-state index in [0.29, 0.717) is 0 Å². The molecule has 0 amide bonds. The van der Waals surface area contributed by atoms with Crippen LogP contribution in [0.3, 0.4) is 0 Å². The molecule has 0 aliphatic rings. The predicted octanol–water partition coefficient (Wildman–Crippen LogP) is 2.63. The first-order valence-corrected chi connectivity index (χ1v) is 4.74. The molecule has 0 radical (unpaired) electrons. The minimum Gasteiger partial charge on any atom is -0.492 e. The molecule has 0 aliphatic carbocycles. The summed E-state index contributed by atoms with van der Waals surface area (Å²) in [6, 6.07) is 3.87. The second-order valence-electron chi connectivity index (χ2n) is 2.90. The van der Waals surface area contributed by atoms with Gasteiger partial charge in [0.25, 0.3) is 0 Å². The Kier molecular flexibility index (Phi) is 7.78. The number of nitrogens with zero attached hydrogens (tertiary/aromatic N) is 1. The molecule has 0 aliphatic heterocycles. The number of ether oxygens (including phenoxy) is 1. The summed E-state index contributed by atoms with van der Waals surface area (Å²) in [4.78, 5) is 4.26. The summed E-state index contributed by atoms with van der Waals surface area (Å²) in [6.45, 7) is 6.66. The summed E-state index contributed by atoms with van der Waals surface area (Å²) in [6.07, 6.45) is 4.57. The van der Waals surface area contributed by atoms with Crippen molar-refractivity contribution < 1.29 is 25.8 Å². The van der Waals surface area contributed by atoms with Crippen molar-refractivity contribution in [1.29, 1.82) is 0 Å². The van der Waals surface area contributed by atoms with E-state index in [4.69, 9.17) is 4.74 Å². The topological polar surface area (TPSA) is 22.1 Å². The second kappa shape index (κ2) is 7.99. The maximum Gasteiger partial charge on any atom is 0.140 e. The van der Waals surface area contributed by atoms with Gasteiger partial charge in [-0.25, -0.2) is 0 Å². The third-order valence-corrected chi connectivity index (χ3v) is 1.72. The van der Waals surface area contributed by atoms with Crippen molar-refractivity contribution in [2.45, 2.75) is 26.2 Å². The van der Waals surface area contributed by atoms with Gasteiger partial charge in [0.2, 0.25) is 0 Å². The molecule has 0 aromatic carbocycles. The summed E-state index contributed by atoms with van der Waals surface area (Å²) in [5, 5.41) is 0. The molecular formula is C11H16NOW-. The van der Waals surface area contributed by atoms with Crippen LogP contribution < -0.4 is 4.74 Å². The number of aromatic nitrogens is 1. The Morgan fingerprint density at radius 2 is 2.29 bits per heavy atom. The van der Waals surface area contributed by atoms with E-state index in [-0.39, 0.29) is 21.1 Å². The summed E-state index contributed by atoms with van der Waals surface area (Å²) >= 11 is 0. The van der Waals surface area contributed by atoms with Gasteiger partial charge in [0.1, 0.15) is 5.75 Å². The summed E-state index contributed by atoms with van der Waals surface area (Å²) in [7, 11) is 0. The van der Waals surface area contributed by atoms with Gasteiger partial charge in [0.15, 0.2) is 0 Å². The van der Waals surface area contributed by atoms with Gasteiger partial charge >= 0.3 is 0 Å². The molecule has 1 aromatic rings. The summed E-state index contributed by atoms with van der Waals surface area (Å²) in [5.74, 6) is 0.910. The van der Waals surface area contributed by atoms with Crippen LogP contribution in [0.5, 0.6) is 5.75 Å². The van der Waals surface area contributed by atoms with Crippen LogP contribution in [0.2, 0.25) is 0 Å². The zero-order valence-corrected chi connectivity index (χ0v) is 11.5. The molecule has 1 aromatic heterocycles. The summed E-state index contributed by atoms with van der Waals surface area (Å²) < 4.78 is 5.55. The van der Waals surface area contributed by atoms with Crippen LogP contribution in [0.15, 0.2) is 18.3 Å². The van der Waals surface area contributed by atoms with Gasteiger partial charge < -0.3 is 11.7 Å². The van der Waals surface area contributed by atoms with Crippen molar-refractivity contribution >= 4 is 0 Å². The van der Waals surface area contributed by atoms with Crippen LogP contribution in [-0.2, 0) is 27.5 Å². The third-order valence-electron chi connectivity index (χ3n) is 1.72. The first-order valence-electron chi connectivity index (χ1n) is 4.74.